The summed E-state index contributed by atoms with van der Waals surface area (Å²) in [5, 5.41) is 13.3. The van der Waals surface area contributed by atoms with Gasteiger partial charge in [0.25, 0.3) is 0 Å². The Morgan fingerprint density at radius 2 is 1.85 bits per heavy atom. The monoisotopic (exact) mass is 278 g/mol. The number of aryl methyl sites for hydroxylation is 2. The third-order valence-corrected chi connectivity index (χ3v) is 3.84. The van der Waals surface area contributed by atoms with Gasteiger partial charge in [-0.1, -0.05) is 12.1 Å². The van der Waals surface area contributed by atoms with E-state index in [1.807, 2.05) is 13.8 Å². The van der Waals surface area contributed by atoms with Gasteiger partial charge in [0.15, 0.2) is 0 Å². The Hall–Kier alpha value is -1.10. The number of benzene rings is 1. The van der Waals surface area contributed by atoms with Gasteiger partial charge >= 0.3 is 0 Å². The minimum Gasteiger partial charge on any atom is -0.507 e. The smallest absolute Gasteiger partial charge is 0.121 e. The number of morpholine rings is 1. The molecule has 0 saturated carbocycles. The van der Waals surface area contributed by atoms with Gasteiger partial charge in [-0.3, -0.25) is 4.90 Å². The first kappa shape index (κ1) is 15.3. The standard InChI is InChI=1S/C16H26N2O2/c1-12-8-15(9-13(2)16(12)19)10-17-14(3)11-18-4-6-20-7-5-18/h8-9,14,17,19H,4-7,10-11H2,1-3H3. The maximum absolute atomic E-state index is 9.79. The SMILES string of the molecule is Cc1cc(CNC(C)CN2CCOCC2)cc(C)c1O. The van der Waals surface area contributed by atoms with Crippen LogP contribution in [-0.2, 0) is 11.3 Å². The lowest BCUT2D eigenvalue weighted by molar-refractivity contribution is 0.0343. The van der Waals surface area contributed by atoms with Gasteiger partial charge in [-0.2, -0.15) is 0 Å². The Labute approximate surface area is 121 Å². The van der Waals surface area contributed by atoms with Gasteiger partial charge in [-0.25, -0.2) is 0 Å². The summed E-state index contributed by atoms with van der Waals surface area (Å²) in [5.74, 6) is 0.412. The van der Waals surface area contributed by atoms with Crippen LogP contribution in [0, 0.1) is 13.8 Å². The van der Waals surface area contributed by atoms with E-state index < -0.39 is 0 Å². The predicted octanol–water partition coefficient (Wildman–Crippen LogP) is 1.82. The molecule has 112 valence electrons. The van der Waals surface area contributed by atoms with Gasteiger partial charge < -0.3 is 15.2 Å². The molecule has 0 aromatic heterocycles. The molecule has 2 N–H and O–H groups in total. The molecular formula is C16H26N2O2. The Bertz CT molecular complexity index is 419. The molecule has 1 aromatic carbocycles. The van der Waals surface area contributed by atoms with Crippen molar-refractivity contribution in [3.8, 4) is 5.75 Å². The molecule has 1 saturated heterocycles. The van der Waals surface area contributed by atoms with Gasteiger partial charge in [0.2, 0.25) is 0 Å². The van der Waals surface area contributed by atoms with E-state index in [4.69, 9.17) is 4.74 Å². The van der Waals surface area contributed by atoms with E-state index in [2.05, 4.69) is 29.3 Å². The first-order chi connectivity index (χ1) is 9.56. The van der Waals surface area contributed by atoms with Crippen LogP contribution in [0.25, 0.3) is 0 Å². The second-order valence-corrected chi connectivity index (χ2v) is 5.77. The summed E-state index contributed by atoms with van der Waals surface area (Å²) in [4.78, 5) is 2.44. The largest absolute Gasteiger partial charge is 0.507 e. The van der Waals surface area contributed by atoms with E-state index in [0.717, 1.165) is 50.5 Å². The van der Waals surface area contributed by atoms with Crippen molar-refractivity contribution >= 4 is 0 Å². The molecule has 1 aliphatic rings. The molecule has 2 rings (SSSR count). The van der Waals surface area contributed by atoms with Crippen molar-refractivity contribution in [2.45, 2.75) is 33.4 Å². The number of phenols is 1. The lowest BCUT2D eigenvalue weighted by atomic mass is 10.1. The molecular weight excluding hydrogens is 252 g/mol. The zero-order valence-corrected chi connectivity index (χ0v) is 12.8. The number of ether oxygens (including phenoxy) is 1. The predicted molar refractivity (Wildman–Crippen MR) is 81.1 cm³/mol. The normalized spacial score (nSPS) is 18.1. The number of hydrogen-bond acceptors (Lipinski definition) is 4. The molecule has 0 amide bonds. The highest BCUT2D eigenvalue weighted by atomic mass is 16.5. The second-order valence-electron chi connectivity index (χ2n) is 5.77. The molecule has 0 aliphatic carbocycles. The van der Waals surface area contributed by atoms with Crippen molar-refractivity contribution in [1.29, 1.82) is 0 Å². The molecule has 4 nitrogen and oxygen atoms in total. The first-order valence-corrected chi connectivity index (χ1v) is 7.39. The third kappa shape index (κ3) is 4.20. The minimum absolute atomic E-state index is 0.412. The second kappa shape index (κ2) is 7.07. The van der Waals surface area contributed by atoms with Crippen LogP contribution in [0.2, 0.25) is 0 Å². The zero-order chi connectivity index (χ0) is 14.5. The highest BCUT2D eigenvalue weighted by Crippen LogP contribution is 2.22. The lowest BCUT2D eigenvalue weighted by Crippen LogP contribution is -2.44. The quantitative estimate of drug-likeness (QED) is 0.862. The molecule has 1 unspecified atom stereocenters. The van der Waals surface area contributed by atoms with Crippen LogP contribution in [0.15, 0.2) is 12.1 Å². The van der Waals surface area contributed by atoms with Crippen molar-refractivity contribution in [3.63, 3.8) is 0 Å². The van der Waals surface area contributed by atoms with Gasteiger partial charge in [0.05, 0.1) is 13.2 Å². The Kier molecular flexibility index (Phi) is 5.40. The van der Waals surface area contributed by atoms with Crippen molar-refractivity contribution in [2.75, 3.05) is 32.8 Å². The van der Waals surface area contributed by atoms with E-state index in [0.29, 0.717) is 11.8 Å². The summed E-state index contributed by atoms with van der Waals surface area (Å²) in [5.41, 5.74) is 3.12. The zero-order valence-electron chi connectivity index (χ0n) is 12.8. The molecule has 1 aromatic rings. The Balaban J connectivity index is 1.82. The van der Waals surface area contributed by atoms with Crippen LogP contribution in [0.3, 0.4) is 0 Å². The van der Waals surface area contributed by atoms with Crippen LogP contribution in [-0.4, -0.2) is 48.9 Å². The molecule has 1 fully saturated rings. The molecule has 4 heteroatoms. The van der Waals surface area contributed by atoms with Gasteiger partial charge in [-0.05, 0) is 37.5 Å². The lowest BCUT2D eigenvalue weighted by Gasteiger charge is -2.29. The molecule has 0 spiro atoms. The first-order valence-electron chi connectivity index (χ1n) is 7.39. The van der Waals surface area contributed by atoms with Crippen LogP contribution in [0.5, 0.6) is 5.75 Å². The molecule has 1 atom stereocenters. The summed E-state index contributed by atoms with van der Waals surface area (Å²) >= 11 is 0. The van der Waals surface area contributed by atoms with Crippen molar-refractivity contribution < 1.29 is 9.84 Å². The average Bonchev–Trinajstić information content (AvgIpc) is 2.43. The van der Waals surface area contributed by atoms with Crippen LogP contribution >= 0.6 is 0 Å². The average molecular weight is 278 g/mol. The number of nitrogens with zero attached hydrogens (tertiary/aromatic N) is 1. The minimum atomic E-state index is 0.412. The van der Waals surface area contributed by atoms with E-state index in [-0.39, 0.29) is 0 Å². The van der Waals surface area contributed by atoms with E-state index in [1.54, 1.807) is 0 Å². The van der Waals surface area contributed by atoms with E-state index >= 15 is 0 Å². The summed E-state index contributed by atoms with van der Waals surface area (Å²) in [7, 11) is 0. The number of rotatable bonds is 5. The van der Waals surface area contributed by atoms with E-state index in [1.165, 1.54) is 5.56 Å². The maximum Gasteiger partial charge on any atom is 0.121 e. The molecule has 1 heterocycles. The third-order valence-electron chi connectivity index (χ3n) is 3.84. The number of aromatic hydroxyl groups is 1. The van der Waals surface area contributed by atoms with Crippen LogP contribution in [0.4, 0.5) is 0 Å². The van der Waals surface area contributed by atoms with Crippen LogP contribution < -0.4 is 5.32 Å². The number of hydrogen-bond donors (Lipinski definition) is 2. The summed E-state index contributed by atoms with van der Waals surface area (Å²) in [6, 6.07) is 4.55. The molecule has 20 heavy (non-hydrogen) atoms. The fourth-order valence-electron chi connectivity index (χ4n) is 2.68. The Morgan fingerprint density at radius 1 is 1.25 bits per heavy atom. The fraction of sp³-hybridized carbons (Fsp3) is 0.625. The molecule has 0 bridgehead atoms. The van der Waals surface area contributed by atoms with Gasteiger partial charge in [-0.15, -0.1) is 0 Å². The summed E-state index contributed by atoms with van der Waals surface area (Å²) in [6.07, 6.45) is 0. The summed E-state index contributed by atoms with van der Waals surface area (Å²) in [6.45, 7) is 11.8. The highest BCUT2D eigenvalue weighted by molar-refractivity contribution is 5.42. The van der Waals surface area contributed by atoms with E-state index in [9.17, 15) is 5.11 Å². The summed E-state index contributed by atoms with van der Waals surface area (Å²) < 4.78 is 5.36. The van der Waals surface area contributed by atoms with Gasteiger partial charge in [0.1, 0.15) is 5.75 Å². The Morgan fingerprint density at radius 3 is 2.45 bits per heavy atom. The maximum atomic E-state index is 9.79. The molecule has 0 radical (unpaired) electrons. The topological polar surface area (TPSA) is 44.7 Å². The van der Waals surface area contributed by atoms with Crippen LogP contribution in [0.1, 0.15) is 23.6 Å². The van der Waals surface area contributed by atoms with Crippen molar-refractivity contribution in [3.05, 3.63) is 28.8 Å². The number of nitrogens with one attached hydrogen (secondary N) is 1. The number of phenolic OH excluding ortho intramolecular Hbond substituents is 1. The van der Waals surface area contributed by atoms with Crippen molar-refractivity contribution in [1.82, 2.24) is 10.2 Å². The highest BCUT2D eigenvalue weighted by Gasteiger charge is 2.13. The fourth-order valence-corrected chi connectivity index (χ4v) is 2.68. The molecule has 1 aliphatic heterocycles. The van der Waals surface area contributed by atoms with Crippen molar-refractivity contribution in [2.24, 2.45) is 0 Å². The van der Waals surface area contributed by atoms with Gasteiger partial charge in [0, 0.05) is 32.2 Å².